The predicted molar refractivity (Wildman–Crippen MR) is 99.5 cm³/mol. The summed E-state index contributed by atoms with van der Waals surface area (Å²) < 4.78 is 0. The van der Waals surface area contributed by atoms with Gasteiger partial charge in [-0.3, -0.25) is 4.79 Å². The molecule has 1 rings (SSSR count). The number of carbonyl (C=O) groups excluding carboxylic acids is 1. The molecule has 5 N–H and O–H groups in total. The summed E-state index contributed by atoms with van der Waals surface area (Å²) in [5.74, 6) is -0.00864. The van der Waals surface area contributed by atoms with Crippen LogP contribution in [0.1, 0.15) is 69.2 Å². The monoisotopic (exact) mass is 321 g/mol. The highest BCUT2D eigenvalue weighted by Crippen LogP contribution is 2.00. The van der Waals surface area contributed by atoms with E-state index in [1.165, 1.54) is 25.7 Å². The molecule has 4 heteroatoms. The average molecular weight is 322 g/mol. The van der Waals surface area contributed by atoms with Gasteiger partial charge in [-0.05, 0) is 44.4 Å². The van der Waals surface area contributed by atoms with E-state index < -0.39 is 0 Å². The Labute approximate surface area is 142 Å². The maximum absolute atomic E-state index is 11.6. The van der Waals surface area contributed by atoms with Crippen LogP contribution in [0.3, 0.4) is 0 Å². The normalized spacial score (nSPS) is 11.3. The van der Waals surface area contributed by atoms with Gasteiger partial charge in [-0.2, -0.15) is 0 Å². The van der Waals surface area contributed by atoms with Crippen molar-refractivity contribution in [3.05, 3.63) is 35.9 Å². The van der Waals surface area contributed by atoms with Crippen LogP contribution >= 0.6 is 0 Å². The second kappa shape index (κ2) is 15.5. The largest absolute Gasteiger partial charge is 0.352 e. The first-order valence-electron chi connectivity index (χ1n) is 8.94. The van der Waals surface area contributed by atoms with Crippen molar-refractivity contribution >= 4 is 5.91 Å². The lowest BCUT2D eigenvalue weighted by atomic mass is 10.1. The second-order valence-electron chi connectivity index (χ2n) is 5.78. The van der Waals surface area contributed by atoms with E-state index in [0.717, 1.165) is 25.8 Å². The van der Waals surface area contributed by atoms with Crippen molar-refractivity contribution < 1.29 is 4.79 Å². The fourth-order valence-corrected chi connectivity index (χ4v) is 2.03. The fourth-order valence-electron chi connectivity index (χ4n) is 2.03. The number of nitrogens with two attached hydrogens (primary N) is 2. The van der Waals surface area contributed by atoms with Gasteiger partial charge in [0.05, 0.1) is 0 Å². The van der Waals surface area contributed by atoms with Crippen molar-refractivity contribution in [2.75, 3.05) is 13.1 Å². The van der Waals surface area contributed by atoms with E-state index in [-0.39, 0.29) is 11.9 Å². The van der Waals surface area contributed by atoms with Gasteiger partial charge in [0.2, 0.25) is 0 Å². The van der Waals surface area contributed by atoms with Crippen molar-refractivity contribution in [2.45, 2.75) is 64.8 Å². The van der Waals surface area contributed by atoms with Crippen molar-refractivity contribution in [3.8, 4) is 0 Å². The molecule has 0 aliphatic rings. The molecule has 0 radical (unpaired) electrons. The van der Waals surface area contributed by atoms with Gasteiger partial charge in [-0.25, -0.2) is 0 Å². The third-order valence-electron chi connectivity index (χ3n) is 3.66. The molecule has 0 bridgehead atoms. The molecule has 0 aromatic heterocycles. The summed E-state index contributed by atoms with van der Waals surface area (Å²) >= 11 is 0. The number of nitrogens with one attached hydrogen (secondary N) is 1. The van der Waals surface area contributed by atoms with E-state index in [2.05, 4.69) is 19.2 Å². The number of amides is 1. The molecule has 0 saturated heterocycles. The quantitative estimate of drug-likeness (QED) is 0.577. The van der Waals surface area contributed by atoms with E-state index in [1.807, 2.05) is 30.3 Å². The molecule has 0 fully saturated rings. The van der Waals surface area contributed by atoms with Crippen LogP contribution in [0.4, 0.5) is 0 Å². The molecular weight excluding hydrogens is 286 g/mol. The van der Waals surface area contributed by atoms with Crippen molar-refractivity contribution in [1.82, 2.24) is 5.32 Å². The lowest BCUT2D eigenvalue weighted by Gasteiger charge is -2.09. The summed E-state index contributed by atoms with van der Waals surface area (Å²) in [4.78, 5) is 11.6. The minimum atomic E-state index is -0.00864. The van der Waals surface area contributed by atoms with Crippen LogP contribution in [-0.2, 0) is 0 Å². The van der Waals surface area contributed by atoms with Gasteiger partial charge < -0.3 is 16.8 Å². The smallest absolute Gasteiger partial charge is 0.251 e. The maximum Gasteiger partial charge on any atom is 0.251 e. The van der Waals surface area contributed by atoms with Gasteiger partial charge in [0.15, 0.2) is 0 Å². The van der Waals surface area contributed by atoms with E-state index in [1.54, 1.807) is 0 Å². The summed E-state index contributed by atoms with van der Waals surface area (Å²) in [6.45, 7) is 5.84. The summed E-state index contributed by atoms with van der Waals surface area (Å²) in [5.41, 5.74) is 11.8. The molecule has 0 heterocycles. The van der Waals surface area contributed by atoms with Gasteiger partial charge >= 0.3 is 0 Å². The molecule has 1 unspecified atom stereocenters. The fraction of sp³-hybridized carbons (Fsp3) is 0.632. The minimum Gasteiger partial charge on any atom is -0.352 e. The minimum absolute atomic E-state index is 0.00864. The van der Waals surface area contributed by atoms with Crippen molar-refractivity contribution in [1.29, 1.82) is 0 Å². The molecule has 1 aromatic rings. The molecule has 1 atom stereocenters. The van der Waals surface area contributed by atoms with Gasteiger partial charge in [0.25, 0.3) is 5.91 Å². The highest BCUT2D eigenvalue weighted by atomic mass is 16.1. The number of unbranched alkanes of at least 4 members (excludes halogenated alkanes) is 3. The Morgan fingerprint density at radius 2 is 1.78 bits per heavy atom. The Balaban J connectivity index is 0.000000585. The zero-order valence-electron chi connectivity index (χ0n) is 14.9. The average Bonchev–Trinajstić information content (AvgIpc) is 2.60. The molecule has 1 amide bonds. The van der Waals surface area contributed by atoms with Crippen LogP contribution in [0.5, 0.6) is 0 Å². The molecule has 0 saturated carbocycles. The van der Waals surface area contributed by atoms with Gasteiger partial charge in [0, 0.05) is 18.2 Å². The Bertz CT molecular complexity index is 377. The van der Waals surface area contributed by atoms with Crippen LogP contribution in [0.25, 0.3) is 0 Å². The summed E-state index contributed by atoms with van der Waals surface area (Å²) in [5, 5.41) is 2.88. The van der Waals surface area contributed by atoms with Crippen molar-refractivity contribution in [3.63, 3.8) is 0 Å². The molecule has 0 spiro atoms. The van der Waals surface area contributed by atoms with Gasteiger partial charge in [-0.1, -0.05) is 51.3 Å². The maximum atomic E-state index is 11.6. The highest BCUT2D eigenvalue weighted by Gasteiger charge is 2.03. The first kappa shape index (κ1) is 21.6. The van der Waals surface area contributed by atoms with Crippen LogP contribution in [0.15, 0.2) is 30.3 Å². The Kier molecular flexibility index (Phi) is 14.6. The zero-order valence-corrected chi connectivity index (χ0v) is 14.9. The lowest BCUT2D eigenvalue weighted by molar-refractivity contribution is 0.0952. The summed E-state index contributed by atoms with van der Waals surface area (Å²) in [6.07, 6.45) is 8.06. The van der Waals surface area contributed by atoms with Crippen LogP contribution < -0.4 is 16.8 Å². The number of carbonyl (C=O) groups is 1. The van der Waals surface area contributed by atoms with Crippen molar-refractivity contribution in [2.24, 2.45) is 11.5 Å². The zero-order chi connectivity index (χ0) is 17.3. The highest BCUT2D eigenvalue weighted by molar-refractivity contribution is 5.94. The Morgan fingerprint density at radius 1 is 1.09 bits per heavy atom. The Morgan fingerprint density at radius 3 is 2.35 bits per heavy atom. The molecule has 4 nitrogen and oxygen atoms in total. The standard InChI is InChI=1S/C13H20N2O.C6H15N/c1-2-12(14)9-6-10-15-13(16)11-7-4-3-5-8-11;1-2-3-4-5-6-7/h3-5,7-8,12H,2,6,9-10,14H2,1H3,(H,15,16);2-7H2,1H3. The molecule has 132 valence electrons. The first-order valence-corrected chi connectivity index (χ1v) is 8.94. The summed E-state index contributed by atoms with van der Waals surface area (Å²) in [6, 6.07) is 9.51. The van der Waals surface area contributed by atoms with Gasteiger partial charge in [0.1, 0.15) is 0 Å². The molecule has 0 aliphatic heterocycles. The second-order valence-corrected chi connectivity index (χ2v) is 5.78. The SMILES string of the molecule is CCC(N)CCCNC(=O)c1ccccc1.CCCCCCN. The van der Waals surface area contributed by atoms with E-state index in [0.29, 0.717) is 12.1 Å². The van der Waals surface area contributed by atoms with E-state index in [4.69, 9.17) is 11.5 Å². The van der Waals surface area contributed by atoms with E-state index >= 15 is 0 Å². The number of benzene rings is 1. The van der Waals surface area contributed by atoms with Gasteiger partial charge in [-0.15, -0.1) is 0 Å². The summed E-state index contributed by atoms with van der Waals surface area (Å²) in [7, 11) is 0. The lowest BCUT2D eigenvalue weighted by Crippen LogP contribution is -2.26. The number of hydrogen-bond donors (Lipinski definition) is 3. The third-order valence-corrected chi connectivity index (χ3v) is 3.66. The third kappa shape index (κ3) is 12.8. The van der Waals surface area contributed by atoms with Crippen LogP contribution in [0.2, 0.25) is 0 Å². The molecule has 0 aliphatic carbocycles. The molecular formula is C19H35N3O. The molecule has 1 aromatic carbocycles. The predicted octanol–water partition coefficient (Wildman–Crippen LogP) is 3.46. The molecule has 23 heavy (non-hydrogen) atoms. The Hall–Kier alpha value is -1.39. The number of rotatable bonds is 10. The first-order chi connectivity index (χ1) is 11.2. The number of hydrogen-bond acceptors (Lipinski definition) is 3. The topological polar surface area (TPSA) is 81.1 Å². The van der Waals surface area contributed by atoms with Crippen LogP contribution in [0, 0.1) is 0 Å². The van der Waals surface area contributed by atoms with E-state index in [9.17, 15) is 4.79 Å². The van der Waals surface area contributed by atoms with Crippen LogP contribution in [-0.4, -0.2) is 25.0 Å².